The quantitative estimate of drug-likeness (QED) is 0.797. The van der Waals surface area contributed by atoms with E-state index < -0.39 is 11.7 Å². The van der Waals surface area contributed by atoms with Gasteiger partial charge in [-0.05, 0) is 58.9 Å². The van der Waals surface area contributed by atoms with E-state index in [1.165, 1.54) is 5.56 Å². The molecule has 0 spiro atoms. The highest BCUT2D eigenvalue weighted by Gasteiger charge is 2.16. The highest BCUT2D eigenvalue weighted by Crippen LogP contribution is 2.17. The molecule has 0 aliphatic rings. The number of amides is 1. The number of ether oxygens (including phenoxy) is 1. The van der Waals surface area contributed by atoms with Crippen LogP contribution in [0.15, 0.2) is 24.3 Å². The second-order valence-corrected chi connectivity index (χ2v) is 6.47. The van der Waals surface area contributed by atoms with Gasteiger partial charge in [0.25, 0.3) is 0 Å². The van der Waals surface area contributed by atoms with Gasteiger partial charge in [0.05, 0.1) is 5.69 Å². The summed E-state index contributed by atoms with van der Waals surface area (Å²) < 4.78 is 5.22. The zero-order chi connectivity index (χ0) is 17.0. The van der Waals surface area contributed by atoms with E-state index in [0.29, 0.717) is 12.2 Å². The third kappa shape index (κ3) is 5.02. The molecule has 124 valence electrons. The van der Waals surface area contributed by atoms with Crippen LogP contribution in [-0.4, -0.2) is 21.9 Å². The normalized spacial score (nSPS) is 11.2. The number of aryl methyl sites for hydroxylation is 2. The van der Waals surface area contributed by atoms with E-state index in [1.807, 2.05) is 58.9 Å². The van der Waals surface area contributed by atoms with Gasteiger partial charge >= 0.3 is 6.09 Å². The molecule has 23 heavy (non-hydrogen) atoms. The minimum atomic E-state index is -0.508. The lowest BCUT2D eigenvalue weighted by molar-refractivity contribution is 0.0636. The summed E-state index contributed by atoms with van der Waals surface area (Å²) in [5.41, 5.74) is 4.39. The maximum absolute atomic E-state index is 11.7. The summed E-state index contributed by atoms with van der Waals surface area (Å²) >= 11 is 0. The van der Waals surface area contributed by atoms with Gasteiger partial charge in [0, 0.05) is 29.2 Å². The van der Waals surface area contributed by atoms with Crippen LogP contribution in [0, 0.1) is 13.8 Å². The third-order valence-electron chi connectivity index (χ3n) is 3.28. The van der Waals surface area contributed by atoms with Crippen molar-refractivity contribution in [2.24, 2.45) is 0 Å². The SMILES string of the molecule is Cc1n[nH]c(C)c1CNc1ccc(NC(=O)OC(C)(C)C)cc1. The molecule has 0 saturated heterocycles. The number of aromatic nitrogens is 2. The summed E-state index contributed by atoms with van der Waals surface area (Å²) in [6.07, 6.45) is -0.456. The van der Waals surface area contributed by atoms with Crippen molar-refractivity contribution in [2.45, 2.75) is 46.8 Å². The predicted octanol–water partition coefficient (Wildman–Crippen LogP) is 3.99. The molecule has 1 amide bonds. The fraction of sp³-hybridized carbons (Fsp3) is 0.412. The van der Waals surface area contributed by atoms with E-state index in [4.69, 9.17) is 4.74 Å². The topological polar surface area (TPSA) is 79.0 Å². The van der Waals surface area contributed by atoms with E-state index in [2.05, 4.69) is 20.8 Å². The molecule has 0 fully saturated rings. The molecule has 2 aromatic rings. The van der Waals surface area contributed by atoms with Gasteiger partial charge in [-0.1, -0.05) is 0 Å². The summed E-state index contributed by atoms with van der Waals surface area (Å²) in [5, 5.41) is 13.2. The van der Waals surface area contributed by atoms with Crippen molar-refractivity contribution < 1.29 is 9.53 Å². The van der Waals surface area contributed by atoms with Gasteiger partial charge in [0.1, 0.15) is 5.60 Å². The molecule has 0 radical (unpaired) electrons. The van der Waals surface area contributed by atoms with Crippen molar-refractivity contribution in [2.75, 3.05) is 10.6 Å². The van der Waals surface area contributed by atoms with Crippen molar-refractivity contribution in [1.82, 2.24) is 10.2 Å². The lowest BCUT2D eigenvalue weighted by atomic mass is 10.2. The van der Waals surface area contributed by atoms with Gasteiger partial charge < -0.3 is 10.1 Å². The number of carbonyl (C=O) groups excluding carboxylic acids is 1. The van der Waals surface area contributed by atoms with Crippen LogP contribution in [0.1, 0.15) is 37.7 Å². The predicted molar refractivity (Wildman–Crippen MR) is 91.7 cm³/mol. The number of H-pyrrole nitrogens is 1. The minimum absolute atomic E-state index is 0.456. The molecule has 1 heterocycles. The molecule has 6 heteroatoms. The fourth-order valence-electron chi connectivity index (χ4n) is 2.12. The summed E-state index contributed by atoms with van der Waals surface area (Å²) in [7, 11) is 0. The molecular formula is C17H24N4O2. The average Bonchev–Trinajstić information content (AvgIpc) is 2.75. The second-order valence-electron chi connectivity index (χ2n) is 6.47. The van der Waals surface area contributed by atoms with Crippen LogP contribution in [0.5, 0.6) is 0 Å². The number of carbonyl (C=O) groups is 1. The first-order chi connectivity index (χ1) is 10.7. The number of aromatic amines is 1. The largest absolute Gasteiger partial charge is 0.444 e. The Morgan fingerprint density at radius 3 is 2.30 bits per heavy atom. The highest BCUT2D eigenvalue weighted by atomic mass is 16.6. The molecule has 0 unspecified atom stereocenters. The number of rotatable bonds is 4. The van der Waals surface area contributed by atoms with Gasteiger partial charge in [-0.15, -0.1) is 0 Å². The van der Waals surface area contributed by atoms with E-state index >= 15 is 0 Å². The van der Waals surface area contributed by atoms with Crippen LogP contribution in [0.25, 0.3) is 0 Å². The lowest BCUT2D eigenvalue weighted by Gasteiger charge is -2.19. The molecule has 2 rings (SSSR count). The van der Waals surface area contributed by atoms with Gasteiger partial charge in [-0.3, -0.25) is 10.4 Å². The van der Waals surface area contributed by atoms with Crippen LogP contribution < -0.4 is 10.6 Å². The molecule has 3 N–H and O–H groups in total. The fourth-order valence-corrected chi connectivity index (χ4v) is 2.12. The Bertz CT molecular complexity index is 649. The molecule has 1 aromatic heterocycles. The van der Waals surface area contributed by atoms with Crippen molar-refractivity contribution >= 4 is 17.5 Å². The molecule has 0 atom stereocenters. The Hall–Kier alpha value is -2.50. The Labute approximate surface area is 136 Å². The summed E-state index contributed by atoms with van der Waals surface area (Å²) in [6.45, 7) is 10.2. The Morgan fingerprint density at radius 1 is 1.17 bits per heavy atom. The van der Waals surface area contributed by atoms with Gasteiger partial charge in [-0.2, -0.15) is 5.10 Å². The van der Waals surface area contributed by atoms with Crippen molar-refractivity contribution in [3.63, 3.8) is 0 Å². The number of anilines is 2. The average molecular weight is 316 g/mol. The van der Waals surface area contributed by atoms with E-state index in [1.54, 1.807) is 0 Å². The minimum Gasteiger partial charge on any atom is -0.444 e. The Balaban J connectivity index is 1.91. The zero-order valence-electron chi connectivity index (χ0n) is 14.3. The number of hydrogen-bond acceptors (Lipinski definition) is 4. The van der Waals surface area contributed by atoms with Crippen LogP contribution in [0.3, 0.4) is 0 Å². The van der Waals surface area contributed by atoms with Gasteiger partial charge in [-0.25, -0.2) is 4.79 Å². The number of benzene rings is 1. The van der Waals surface area contributed by atoms with Crippen LogP contribution >= 0.6 is 0 Å². The van der Waals surface area contributed by atoms with E-state index in [0.717, 1.165) is 17.1 Å². The molecule has 0 aliphatic carbocycles. The first-order valence-corrected chi connectivity index (χ1v) is 7.59. The number of nitrogens with zero attached hydrogens (tertiary/aromatic N) is 1. The summed E-state index contributed by atoms with van der Waals surface area (Å²) in [6, 6.07) is 7.50. The molecule has 0 aliphatic heterocycles. The molecule has 0 bridgehead atoms. The van der Waals surface area contributed by atoms with Crippen LogP contribution in [-0.2, 0) is 11.3 Å². The Kier molecular flexibility index (Phi) is 4.93. The van der Waals surface area contributed by atoms with Crippen molar-refractivity contribution in [3.05, 3.63) is 41.2 Å². The monoisotopic (exact) mass is 316 g/mol. The maximum Gasteiger partial charge on any atom is 0.412 e. The maximum atomic E-state index is 11.7. The smallest absolute Gasteiger partial charge is 0.412 e. The summed E-state index contributed by atoms with van der Waals surface area (Å²) in [5.74, 6) is 0. The Morgan fingerprint density at radius 2 is 1.78 bits per heavy atom. The summed E-state index contributed by atoms with van der Waals surface area (Å²) in [4.78, 5) is 11.7. The van der Waals surface area contributed by atoms with Crippen molar-refractivity contribution in [3.8, 4) is 0 Å². The van der Waals surface area contributed by atoms with E-state index in [-0.39, 0.29) is 0 Å². The first kappa shape index (κ1) is 16.9. The molecule has 1 aromatic carbocycles. The zero-order valence-corrected chi connectivity index (χ0v) is 14.3. The van der Waals surface area contributed by atoms with Gasteiger partial charge in [0.2, 0.25) is 0 Å². The van der Waals surface area contributed by atoms with Crippen molar-refractivity contribution in [1.29, 1.82) is 0 Å². The van der Waals surface area contributed by atoms with Gasteiger partial charge in [0.15, 0.2) is 0 Å². The number of nitrogens with one attached hydrogen (secondary N) is 3. The standard InChI is InChI=1S/C17H24N4O2/c1-11-15(12(2)21-20-11)10-18-13-6-8-14(9-7-13)19-16(22)23-17(3,4)5/h6-9,18H,10H2,1-5H3,(H,19,22)(H,20,21). The molecule has 0 saturated carbocycles. The number of hydrogen-bond donors (Lipinski definition) is 3. The van der Waals surface area contributed by atoms with Crippen LogP contribution in [0.2, 0.25) is 0 Å². The second kappa shape index (κ2) is 6.73. The highest BCUT2D eigenvalue weighted by molar-refractivity contribution is 5.85. The molecular weight excluding hydrogens is 292 g/mol. The molecule has 6 nitrogen and oxygen atoms in total. The lowest BCUT2D eigenvalue weighted by Crippen LogP contribution is -2.27. The van der Waals surface area contributed by atoms with E-state index in [9.17, 15) is 4.79 Å². The van der Waals surface area contributed by atoms with Crippen LogP contribution in [0.4, 0.5) is 16.2 Å². The third-order valence-corrected chi connectivity index (χ3v) is 3.28. The first-order valence-electron chi connectivity index (χ1n) is 7.59.